The van der Waals surface area contributed by atoms with Gasteiger partial charge in [-0.05, 0) is 37.0 Å². The first-order valence-electron chi connectivity index (χ1n) is 8.72. The topological polar surface area (TPSA) is 34.6 Å². The average molecular weight is 302 g/mol. The van der Waals surface area contributed by atoms with Crippen molar-refractivity contribution in [1.29, 1.82) is 0 Å². The van der Waals surface area contributed by atoms with Gasteiger partial charge >= 0.3 is 0 Å². The van der Waals surface area contributed by atoms with Gasteiger partial charge in [0.1, 0.15) is 0 Å². The first-order chi connectivity index (χ1) is 10.8. The Kier molecular flexibility index (Phi) is 4.16. The van der Waals surface area contributed by atoms with E-state index >= 15 is 0 Å². The Hall–Kier alpha value is -0.970. The van der Waals surface area contributed by atoms with E-state index in [4.69, 9.17) is 9.47 Å². The lowest BCUT2D eigenvalue weighted by Gasteiger charge is -2.55. The van der Waals surface area contributed by atoms with E-state index in [0.29, 0.717) is 12.7 Å². The summed E-state index contributed by atoms with van der Waals surface area (Å²) in [6, 6.07) is 4.88. The summed E-state index contributed by atoms with van der Waals surface area (Å²) in [5.74, 6) is 0. The predicted octanol–water partition coefficient (Wildman–Crippen LogP) is 2.77. The molecule has 4 rings (SSSR count). The molecule has 4 heteroatoms. The van der Waals surface area contributed by atoms with Crippen molar-refractivity contribution >= 4 is 0 Å². The molecule has 3 heterocycles. The van der Waals surface area contributed by atoms with Crippen LogP contribution < -0.4 is 0 Å². The van der Waals surface area contributed by atoms with Crippen molar-refractivity contribution in [1.82, 2.24) is 9.88 Å². The van der Waals surface area contributed by atoms with Crippen molar-refractivity contribution in [3.05, 3.63) is 30.1 Å². The second-order valence-electron chi connectivity index (χ2n) is 7.16. The van der Waals surface area contributed by atoms with Crippen molar-refractivity contribution in [3.63, 3.8) is 0 Å². The van der Waals surface area contributed by atoms with Crippen LogP contribution in [0.4, 0.5) is 0 Å². The minimum atomic E-state index is 0.0871. The van der Waals surface area contributed by atoms with E-state index in [1.54, 1.807) is 0 Å². The molecule has 1 spiro atoms. The van der Waals surface area contributed by atoms with Crippen LogP contribution in [0, 0.1) is 0 Å². The summed E-state index contributed by atoms with van der Waals surface area (Å²) in [5.41, 5.74) is 1.29. The van der Waals surface area contributed by atoms with Gasteiger partial charge in [-0.3, -0.25) is 9.88 Å². The number of hydrogen-bond donors (Lipinski definition) is 0. The first kappa shape index (κ1) is 14.6. The van der Waals surface area contributed by atoms with Crippen molar-refractivity contribution < 1.29 is 9.47 Å². The van der Waals surface area contributed by atoms with Gasteiger partial charge in [0, 0.05) is 44.6 Å². The molecule has 120 valence electrons. The van der Waals surface area contributed by atoms with Crippen LogP contribution in [-0.2, 0) is 16.1 Å². The second kappa shape index (κ2) is 6.26. The normalized spacial score (nSPS) is 28.8. The highest BCUT2D eigenvalue weighted by molar-refractivity contribution is 5.08. The van der Waals surface area contributed by atoms with Gasteiger partial charge in [-0.25, -0.2) is 0 Å². The largest absolute Gasteiger partial charge is 0.373 e. The van der Waals surface area contributed by atoms with Crippen molar-refractivity contribution in [2.45, 2.75) is 62.9 Å². The third-order valence-electron chi connectivity index (χ3n) is 5.51. The third-order valence-corrected chi connectivity index (χ3v) is 5.51. The fraction of sp³-hybridized carbons (Fsp3) is 0.722. The molecule has 22 heavy (non-hydrogen) atoms. The zero-order valence-electron chi connectivity index (χ0n) is 13.2. The minimum Gasteiger partial charge on any atom is -0.373 e. The number of rotatable bonds is 4. The zero-order valence-corrected chi connectivity index (χ0v) is 13.2. The Morgan fingerprint density at radius 2 is 1.95 bits per heavy atom. The van der Waals surface area contributed by atoms with Gasteiger partial charge in [0.2, 0.25) is 0 Å². The van der Waals surface area contributed by atoms with Crippen LogP contribution in [0.1, 0.15) is 44.1 Å². The van der Waals surface area contributed by atoms with Gasteiger partial charge in [0.25, 0.3) is 0 Å². The Balaban J connectivity index is 1.27. The average Bonchev–Trinajstić information content (AvgIpc) is 3.06. The van der Waals surface area contributed by atoms with Gasteiger partial charge < -0.3 is 9.47 Å². The second-order valence-corrected chi connectivity index (χ2v) is 7.16. The lowest BCUT2D eigenvalue weighted by Crippen LogP contribution is -2.67. The molecule has 0 unspecified atom stereocenters. The molecule has 0 bridgehead atoms. The Morgan fingerprint density at radius 1 is 1.18 bits per heavy atom. The summed E-state index contributed by atoms with van der Waals surface area (Å²) >= 11 is 0. The van der Waals surface area contributed by atoms with Crippen molar-refractivity contribution in [2.75, 3.05) is 19.7 Å². The highest BCUT2D eigenvalue weighted by Gasteiger charge is 2.49. The summed E-state index contributed by atoms with van der Waals surface area (Å²) in [5, 5.41) is 0. The Bertz CT molecular complexity index is 481. The van der Waals surface area contributed by atoms with Gasteiger partial charge in [0.05, 0.1) is 18.3 Å². The Labute approximate surface area is 132 Å². The molecule has 0 radical (unpaired) electrons. The highest BCUT2D eigenvalue weighted by Crippen LogP contribution is 2.39. The molecule has 0 amide bonds. The van der Waals surface area contributed by atoms with Crippen molar-refractivity contribution in [3.8, 4) is 0 Å². The standard InChI is InChI=1S/C18H26N2O2/c1-2-4-16(3-1)20-13-18(14-20)11-17(7-10-22-18)21-12-15-5-8-19-9-6-15/h5-6,8-9,16-17H,1-4,7,10-14H2/t17-/m1/s1. The maximum atomic E-state index is 6.14. The molecule has 2 saturated heterocycles. The van der Waals surface area contributed by atoms with E-state index < -0.39 is 0 Å². The van der Waals surface area contributed by atoms with Gasteiger partial charge in [-0.2, -0.15) is 0 Å². The van der Waals surface area contributed by atoms with Crippen LogP contribution >= 0.6 is 0 Å². The number of nitrogens with zero attached hydrogens (tertiary/aromatic N) is 2. The minimum absolute atomic E-state index is 0.0871. The zero-order chi connectivity index (χ0) is 14.8. The highest BCUT2D eigenvalue weighted by atomic mass is 16.5. The molecular weight excluding hydrogens is 276 g/mol. The SMILES string of the molecule is c1cc(CO[C@@H]2CCOC3(C2)CN(C2CCCC2)C3)ccn1. The predicted molar refractivity (Wildman–Crippen MR) is 84.6 cm³/mol. The molecule has 3 fully saturated rings. The quantitative estimate of drug-likeness (QED) is 0.856. The summed E-state index contributed by atoms with van der Waals surface area (Å²) in [7, 11) is 0. The lowest BCUT2D eigenvalue weighted by molar-refractivity contribution is -0.206. The molecule has 1 aromatic rings. The van der Waals surface area contributed by atoms with Gasteiger partial charge in [0.15, 0.2) is 0 Å². The van der Waals surface area contributed by atoms with E-state index in [1.807, 2.05) is 24.5 Å². The number of aromatic nitrogens is 1. The summed E-state index contributed by atoms with van der Waals surface area (Å²) in [6.07, 6.45) is 11.7. The monoisotopic (exact) mass is 302 g/mol. The molecule has 1 aromatic heterocycles. The molecule has 1 aliphatic carbocycles. The molecule has 0 aromatic carbocycles. The number of hydrogen-bond acceptors (Lipinski definition) is 4. The number of likely N-dealkylation sites (tertiary alicyclic amines) is 1. The van der Waals surface area contributed by atoms with Crippen LogP contribution in [0.15, 0.2) is 24.5 Å². The third kappa shape index (κ3) is 3.05. The van der Waals surface area contributed by atoms with Crippen LogP contribution in [0.2, 0.25) is 0 Å². The number of ether oxygens (including phenoxy) is 2. The van der Waals surface area contributed by atoms with Crippen molar-refractivity contribution in [2.24, 2.45) is 0 Å². The van der Waals surface area contributed by atoms with Crippen LogP contribution in [-0.4, -0.2) is 47.3 Å². The molecule has 1 atom stereocenters. The van der Waals surface area contributed by atoms with Crippen LogP contribution in [0.25, 0.3) is 0 Å². The molecule has 2 aliphatic heterocycles. The molecule has 1 saturated carbocycles. The molecular formula is C18H26N2O2. The van der Waals surface area contributed by atoms with Crippen LogP contribution in [0.3, 0.4) is 0 Å². The smallest absolute Gasteiger partial charge is 0.0959 e. The fourth-order valence-corrected chi connectivity index (χ4v) is 4.26. The summed E-state index contributed by atoms with van der Waals surface area (Å²) < 4.78 is 12.3. The first-order valence-corrected chi connectivity index (χ1v) is 8.72. The Morgan fingerprint density at radius 3 is 2.73 bits per heavy atom. The molecule has 3 aliphatic rings. The van der Waals surface area contributed by atoms with Crippen LogP contribution in [0.5, 0.6) is 0 Å². The maximum absolute atomic E-state index is 6.14. The summed E-state index contributed by atoms with van der Waals surface area (Å²) in [4.78, 5) is 6.69. The van der Waals surface area contributed by atoms with E-state index in [2.05, 4.69) is 9.88 Å². The van der Waals surface area contributed by atoms with Gasteiger partial charge in [-0.15, -0.1) is 0 Å². The fourth-order valence-electron chi connectivity index (χ4n) is 4.26. The van der Waals surface area contributed by atoms with E-state index in [0.717, 1.165) is 38.6 Å². The van der Waals surface area contributed by atoms with E-state index in [-0.39, 0.29) is 5.60 Å². The molecule has 4 nitrogen and oxygen atoms in total. The lowest BCUT2D eigenvalue weighted by atomic mass is 9.83. The summed E-state index contributed by atoms with van der Waals surface area (Å²) in [6.45, 7) is 3.77. The maximum Gasteiger partial charge on any atom is 0.0959 e. The van der Waals surface area contributed by atoms with Gasteiger partial charge in [-0.1, -0.05) is 12.8 Å². The van der Waals surface area contributed by atoms with E-state index in [9.17, 15) is 0 Å². The molecule has 0 N–H and O–H groups in total. The van der Waals surface area contributed by atoms with E-state index in [1.165, 1.54) is 31.2 Å². The number of pyridine rings is 1.